The van der Waals surface area contributed by atoms with Crippen molar-refractivity contribution in [1.82, 2.24) is 0 Å². The highest BCUT2D eigenvalue weighted by atomic mass is 79.9. The standard InChI is InChI=1S/C23H23BrN2O6/c1-4-6-10-31-21-17(24)11-15(13-20(21)30-5-2)12-18-23(27)32-22(25-18)16-8-7-9-19(14(16)3)26(28)29/h7-9,11-13H,4-6,10H2,1-3H3/b18-12-. The second-order valence-corrected chi connectivity index (χ2v) is 7.86. The third-order valence-electron chi connectivity index (χ3n) is 4.73. The molecule has 0 N–H and O–H groups in total. The van der Waals surface area contributed by atoms with Crippen molar-refractivity contribution in [2.45, 2.75) is 33.6 Å². The highest BCUT2D eigenvalue weighted by Crippen LogP contribution is 2.38. The molecule has 0 saturated carbocycles. The fourth-order valence-electron chi connectivity index (χ4n) is 3.13. The molecule has 1 aliphatic heterocycles. The van der Waals surface area contributed by atoms with E-state index in [9.17, 15) is 14.9 Å². The predicted octanol–water partition coefficient (Wildman–Crippen LogP) is 5.59. The van der Waals surface area contributed by atoms with E-state index in [1.54, 1.807) is 31.2 Å². The lowest BCUT2D eigenvalue weighted by molar-refractivity contribution is -0.385. The number of esters is 1. The number of cyclic esters (lactones) is 1. The quantitative estimate of drug-likeness (QED) is 0.145. The van der Waals surface area contributed by atoms with E-state index < -0.39 is 10.9 Å². The Labute approximate surface area is 194 Å². The van der Waals surface area contributed by atoms with Crippen LogP contribution in [0.4, 0.5) is 5.69 Å². The summed E-state index contributed by atoms with van der Waals surface area (Å²) in [6.45, 7) is 6.57. The first kappa shape index (κ1) is 23.5. The molecule has 9 heteroatoms. The lowest BCUT2D eigenvalue weighted by atomic mass is 10.1. The Bertz CT molecular complexity index is 1110. The van der Waals surface area contributed by atoms with Crippen LogP contribution in [0.25, 0.3) is 6.08 Å². The normalized spacial score (nSPS) is 14.3. The smallest absolute Gasteiger partial charge is 0.363 e. The summed E-state index contributed by atoms with van der Waals surface area (Å²) in [6.07, 6.45) is 3.51. The minimum Gasteiger partial charge on any atom is -0.490 e. The molecule has 2 aromatic rings. The summed E-state index contributed by atoms with van der Waals surface area (Å²) < 4.78 is 17.6. The molecule has 0 aromatic heterocycles. The summed E-state index contributed by atoms with van der Waals surface area (Å²) in [7, 11) is 0. The summed E-state index contributed by atoms with van der Waals surface area (Å²) in [5.74, 6) is 0.553. The molecule has 0 spiro atoms. The third-order valence-corrected chi connectivity index (χ3v) is 5.32. The van der Waals surface area contributed by atoms with Crippen molar-refractivity contribution in [2.24, 2.45) is 4.99 Å². The van der Waals surface area contributed by atoms with Gasteiger partial charge in [0.25, 0.3) is 5.69 Å². The topological polar surface area (TPSA) is 100 Å². The zero-order valence-corrected chi connectivity index (χ0v) is 19.6. The molecule has 8 nitrogen and oxygen atoms in total. The van der Waals surface area contributed by atoms with Gasteiger partial charge in [0.05, 0.1) is 22.6 Å². The van der Waals surface area contributed by atoms with Gasteiger partial charge in [-0.15, -0.1) is 0 Å². The van der Waals surface area contributed by atoms with Gasteiger partial charge in [0.1, 0.15) is 0 Å². The van der Waals surface area contributed by atoms with Gasteiger partial charge < -0.3 is 14.2 Å². The van der Waals surface area contributed by atoms with Crippen LogP contribution in [0.5, 0.6) is 11.5 Å². The van der Waals surface area contributed by atoms with Crippen LogP contribution in [0.2, 0.25) is 0 Å². The number of carbonyl (C=O) groups is 1. The van der Waals surface area contributed by atoms with E-state index in [0.29, 0.717) is 45.9 Å². The van der Waals surface area contributed by atoms with Gasteiger partial charge in [0, 0.05) is 17.2 Å². The number of hydrogen-bond donors (Lipinski definition) is 0. The average Bonchev–Trinajstić information content (AvgIpc) is 3.10. The molecule has 1 heterocycles. The highest BCUT2D eigenvalue weighted by molar-refractivity contribution is 9.10. The number of rotatable bonds is 9. The second-order valence-electron chi connectivity index (χ2n) is 7.01. The number of ether oxygens (including phenoxy) is 3. The minimum atomic E-state index is -0.636. The van der Waals surface area contributed by atoms with Crippen LogP contribution in [0.3, 0.4) is 0 Å². The van der Waals surface area contributed by atoms with Crippen LogP contribution >= 0.6 is 15.9 Å². The van der Waals surface area contributed by atoms with Crippen molar-refractivity contribution < 1.29 is 23.9 Å². The molecule has 168 valence electrons. The van der Waals surface area contributed by atoms with Gasteiger partial charge in [-0.25, -0.2) is 9.79 Å². The van der Waals surface area contributed by atoms with E-state index in [1.807, 2.05) is 6.92 Å². The van der Waals surface area contributed by atoms with Crippen LogP contribution in [0.15, 0.2) is 45.5 Å². The summed E-state index contributed by atoms with van der Waals surface area (Å²) in [4.78, 5) is 27.4. The number of benzene rings is 2. The van der Waals surface area contributed by atoms with Crippen molar-refractivity contribution in [3.05, 3.63) is 67.3 Å². The summed E-state index contributed by atoms with van der Waals surface area (Å²) in [5, 5.41) is 11.2. The maximum Gasteiger partial charge on any atom is 0.363 e. The molecule has 0 unspecified atom stereocenters. The molecule has 3 rings (SSSR count). The second kappa shape index (κ2) is 10.4. The van der Waals surface area contributed by atoms with Gasteiger partial charge in [0.2, 0.25) is 5.90 Å². The van der Waals surface area contributed by atoms with E-state index in [0.717, 1.165) is 12.8 Å². The fourth-order valence-corrected chi connectivity index (χ4v) is 3.70. The van der Waals surface area contributed by atoms with Crippen LogP contribution in [0, 0.1) is 17.0 Å². The first-order valence-electron chi connectivity index (χ1n) is 10.2. The number of unbranched alkanes of at least 4 members (excludes halogenated alkanes) is 1. The Kier molecular flexibility index (Phi) is 7.63. The van der Waals surface area contributed by atoms with Crippen molar-refractivity contribution in [3.8, 4) is 11.5 Å². The minimum absolute atomic E-state index is 0.0334. The molecule has 0 atom stereocenters. The van der Waals surface area contributed by atoms with Crippen molar-refractivity contribution >= 4 is 39.6 Å². The van der Waals surface area contributed by atoms with E-state index >= 15 is 0 Å². The van der Waals surface area contributed by atoms with Gasteiger partial charge >= 0.3 is 5.97 Å². The molecular formula is C23H23BrN2O6. The maximum atomic E-state index is 12.4. The first-order chi connectivity index (χ1) is 15.3. The molecule has 32 heavy (non-hydrogen) atoms. The van der Waals surface area contributed by atoms with Crippen molar-refractivity contribution in [2.75, 3.05) is 13.2 Å². The van der Waals surface area contributed by atoms with Gasteiger partial charge in [0.15, 0.2) is 17.2 Å². The number of nitrogens with zero attached hydrogens (tertiary/aromatic N) is 2. The predicted molar refractivity (Wildman–Crippen MR) is 124 cm³/mol. The Morgan fingerprint density at radius 3 is 2.72 bits per heavy atom. The van der Waals surface area contributed by atoms with E-state index in [1.165, 1.54) is 12.1 Å². The Balaban J connectivity index is 1.96. The largest absolute Gasteiger partial charge is 0.490 e. The van der Waals surface area contributed by atoms with Gasteiger partial charge in [-0.05, 0) is 66.0 Å². The lowest BCUT2D eigenvalue weighted by Gasteiger charge is -2.14. The van der Waals surface area contributed by atoms with Gasteiger partial charge in [-0.3, -0.25) is 10.1 Å². The van der Waals surface area contributed by atoms with E-state index in [4.69, 9.17) is 14.2 Å². The van der Waals surface area contributed by atoms with Crippen LogP contribution < -0.4 is 9.47 Å². The lowest BCUT2D eigenvalue weighted by Crippen LogP contribution is -2.08. The average molecular weight is 503 g/mol. The Hall–Kier alpha value is -3.20. The maximum absolute atomic E-state index is 12.4. The van der Waals surface area contributed by atoms with E-state index in [2.05, 4.69) is 27.8 Å². The van der Waals surface area contributed by atoms with Crippen LogP contribution in [0.1, 0.15) is 43.4 Å². The fraction of sp³-hybridized carbons (Fsp3) is 0.304. The molecule has 0 radical (unpaired) electrons. The van der Waals surface area contributed by atoms with Crippen LogP contribution in [-0.4, -0.2) is 30.0 Å². The van der Waals surface area contributed by atoms with Gasteiger partial charge in [-0.2, -0.15) is 0 Å². The Morgan fingerprint density at radius 1 is 1.25 bits per heavy atom. The number of nitro benzene ring substituents is 1. The molecule has 0 aliphatic carbocycles. The zero-order valence-electron chi connectivity index (χ0n) is 18.0. The van der Waals surface area contributed by atoms with Gasteiger partial charge in [-0.1, -0.05) is 19.4 Å². The summed E-state index contributed by atoms with van der Waals surface area (Å²) in [5.41, 5.74) is 1.45. The monoisotopic (exact) mass is 502 g/mol. The van der Waals surface area contributed by atoms with Crippen molar-refractivity contribution in [1.29, 1.82) is 0 Å². The summed E-state index contributed by atoms with van der Waals surface area (Å²) >= 11 is 3.51. The number of nitro groups is 1. The number of hydrogen-bond acceptors (Lipinski definition) is 7. The third kappa shape index (κ3) is 5.16. The molecular weight excluding hydrogens is 480 g/mol. The van der Waals surface area contributed by atoms with Crippen LogP contribution in [-0.2, 0) is 9.53 Å². The number of carbonyl (C=O) groups excluding carboxylic acids is 1. The Morgan fingerprint density at radius 2 is 2.03 bits per heavy atom. The van der Waals surface area contributed by atoms with E-state index in [-0.39, 0.29) is 17.3 Å². The zero-order chi connectivity index (χ0) is 23.3. The first-order valence-corrected chi connectivity index (χ1v) is 11.0. The van der Waals surface area contributed by atoms with Crippen molar-refractivity contribution in [3.63, 3.8) is 0 Å². The highest BCUT2D eigenvalue weighted by Gasteiger charge is 2.27. The molecule has 0 bridgehead atoms. The SMILES string of the molecule is CCCCOc1c(Br)cc(/C=C2\N=C(c3cccc([N+](=O)[O-])c3C)OC2=O)cc1OCC. The summed E-state index contributed by atoms with van der Waals surface area (Å²) in [6, 6.07) is 8.12. The molecule has 0 saturated heterocycles. The number of aliphatic imine (C=N–C) groups is 1. The molecule has 1 aliphatic rings. The molecule has 0 fully saturated rings. The molecule has 2 aromatic carbocycles. The molecule has 0 amide bonds. The number of halogens is 1.